The molecular weight excluding hydrogens is 342 g/mol. The highest BCUT2D eigenvalue weighted by Crippen LogP contribution is 2.35. The van der Waals surface area contributed by atoms with Crippen LogP contribution in [0.2, 0.25) is 5.02 Å². The molecular formula is C17H16ClN5O2. The molecule has 0 saturated carbocycles. The van der Waals surface area contributed by atoms with Gasteiger partial charge in [0.15, 0.2) is 0 Å². The minimum Gasteiger partial charge on any atom is -0.497 e. The Balaban J connectivity index is 2.06. The normalized spacial score (nSPS) is 11.2. The second-order valence-electron chi connectivity index (χ2n) is 5.13. The molecule has 3 rings (SSSR count). The van der Waals surface area contributed by atoms with E-state index in [2.05, 4.69) is 15.0 Å². The lowest BCUT2D eigenvalue weighted by Crippen LogP contribution is -2.00. The van der Waals surface area contributed by atoms with Crippen molar-refractivity contribution < 1.29 is 9.47 Å². The van der Waals surface area contributed by atoms with Gasteiger partial charge < -0.3 is 20.9 Å². The zero-order valence-corrected chi connectivity index (χ0v) is 14.4. The van der Waals surface area contributed by atoms with Crippen molar-refractivity contribution in [3.8, 4) is 11.5 Å². The van der Waals surface area contributed by atoms with E-state index < -0.39 is 0 Å². The molecule has 0 bridgehead atoms. The molecule has 8 heteroatoms. The molecule has 0 aliphatic carbocycles. The molecule has 0 unspecified atom stereocenters. The first-order valence-electron chi connectivity index (χ1n) is 7.30. The predicted octanol–water partition coefficient (Wildman–Crippen LogP) is 3.22. The van der Waals surface area contributed by atoms with Crippen molar-refractivity contribution in [3.63, 3.8) is 0 Å². The Morgan fingerprint density at radius 2 is 1.88 bits per heavy atom. The number of halogens is 1. The Bertz CT molecular complexity index is 975. The molecule has 0 atom stereocenters. The largest absolute Gasteiger partial charge is 0.497 e. The van der Waals surface area contributed by atoms with E-state index >= 15 is 0 Å². The van der Waals surface area contributed by atoms with Gasteiger partial charge in [0.2, 0.25) is 5.95 Å². The quantitative estimate of drug-likeness (QED) is 0.694. The molecule has 0 aliphatic heterocycles. The fraction of sp³-hybridized carbons (Fsp3) is 0.118. The minimum absolute atomic E-state index is 0.0958. The standard InChI is InChI=1S/C17H16ClN5O2/c1-24-10-3-6-13(25-2)9(7-10)8-21-12-5-4-11-14(15(12)18)16(19)23-17(20)22-11/h3-8H,1-2H3,(H4,19,20,22,23). The zero-order valence-electron chi connectivity index (χ0n) is 13.7. The predicted molar refractivity (Wildman–Crippen MR) is 100 cm³/mol. The maximum absolute atomic E-state index is 6.43. The summed E-state index contributed by atoms with van der Waals surface area (Å²) >= 11 is 6.43. The van der Waals surface area contributed by atoms with Crippen LogP contribution in [0.4, 0.5) is 17.5 Å². The van der Waals surface area contributed by atoms with Gasteiger partial charge in [0.05, 0.1) is 35.8 Å². The fourth-order valence-electron chi connectivity index (χ4n) is 2.40. The van der Waals surface area contributed by atoms with Crippen molar-refractivity contribution in [2.75, 3.05) is 25.7 Å². The summed E-state index contributed by atoms with van der Waals surface area (Å²) in [5, 5.41) is 0.872. The van der Waals surface area contributed by atoms with E-state index in [0.29, 0.717) is 33.1 Å². The van der Waals surface area contributed by atoms with Crippen LogP contribution in [0.15, 0.2) is 35.3 Å². The van der Waals surface area contributed by atoms with E-state index in [0.717, 1.165) is 5.56 Å². The Morgan fingerprint density at radius 1 is 1.08 bits per heavy atom. The zero-order chi connectivity index (χ0) is 18.0. The molecule has 1 aromatic heterocycles. The molecule has 0 aliphatic rings. The van der Waals surface area contributed by atoms with Gasteiger partial charge in [-0.2, -0.15) is 4.98 Å². The van der Waals surface area contributed by atoms with Crippen molar-refractivity contribution in [1.82, 2.24) is 9.97 Å². The Kier molecular flexibility index (Phi) is 4.58. The van der Waals surface area contributed by atoms with E-state index in [1.807, 2.05) is 12.1 Å². The van der Waals surface area contributed by atoms with Crippen molar-refractivity contribution in [2.45, 2.75) is 0 Å². The first-order chi connectivity index (χ1) is 12.0. The van der Waals surface area contributed by atoms with E-state index in [9.17, 15) is 0 Å². The molecule has 0 radical (unpaired) electrons. The number of nitrogen functional groups attached to an aromatic ring is 2. The Hall–Kier alpha value is -3.06. The molecule has 2 aromatic carbocycles. The summed E-state index contributed by atoms with van der Waals surface area (Å²) < 4.78 is 10.6. The van der Waals surface area contributed by atoms with Gasteiger partial charge in [0.1, 0.15) is 17.3 Å². The smallest absolute Gasteiger partial charge is 0.222 e. The summed E-state index contributed by atoms with van der Waals surface area (Å²) in [7, 11) is 3.18. The number of benzene rings is 2. The molecule has 0 saturated heterocycles. The van der Waals surface area contributed by atoms with Crippen LogP contribution >= 0.6 is 11.6 Å². The summed E-state index contributed by atoms with van der Waals surface area (Å²) in [5.74, 6) is 1.67. The van der Waals surface area contributed by atoms with Gasteiger partial charge in [-0.15, -0.1) is 0 Å². The molecule has 0 fully saturated rings. The number of aromatic nitrogens is 2. The third-order valence-corrected chi connectivity index (χ3v) is 3.99. The maximum atomic E-state index is 6.43. The molecule has 7 nitrogen and oxygen atoms in total. The van der Waals surface area contributed by atoms with Gasteiger partial charge in [0.25, 0.3) is 0 Å². The van der Waals surface area contributed by atoms with Gasteiger partial charge in [-0.05, 0) is 30.3 Å². The number of nitrogens with zero attached hydrogens (tertiary/aromatic N) is 3. The van der Waals surface area contributed by atoms with Gasteiger partial charge in [-0.1, -0.05) is 11.6 Å². The molecule has 0 amide bonds. The second kappa shape index (κ2) is 6.82. The van der Waals surface area contributed by atoms with Crippen molar-refractivity contribution in [1.29, 1.82) is 0 Å². The lowest BCUT2D eigenvalue weighted by atomic mass is 10.2. The summed E-state index contributed by atoms with van der Waals surface area (Å²) in [4.78, 5) is 12.5. The van der Waals surface area contributed by atoms with Crippen molar-refractivity contribution in [2.24, 2.45) is 4.99 Å². The highest BCUT2D eigenvalue weighted by atomic mass is 35.5. The minimum atomic E-state index is 0.0958. The van der Waals surface area contributed by atoms with Crippen molar-refractivity contribution in [3.05, 3.63) is 40.9 Å². The summed E-state index contributed by atoms with van der Waals surface area (Å²) in [6.45, 7) is 0. The van der Waals surface area contributed by atoms with E-state index in [4.69, 9.17) is 32.5 Å². The Labute approximate surface area is 149 Å². The highest BCUT2D eigenvalue weighted by Gasteiger charge is 2.11. The maximum Gasteiger partial charge on any atom is 0.222 e. The monoisotopic (exact) mass is 357 g/mol. The van der Waals surface area contributed by atoms with Crippen LogP contribution in [0.1, 0.15) is 5.56 Å². The van der Waals surface area contributed by atoms with E-state index in [-0.39, 0.29) is 11.8 Å². The van der Waals surface area contributed by atoms with Gasteiger partial charge in [-0.3, -0.25) is 4.99 Å². The highest BCUT2D eigenvalue weighted by molar-refractivity contribution is 6.38. The third kappa shape index (κ3) is 3.27. The van der Waals surface area contributed by atoms with E-state index in [1.165, 1.54) is 0 Å². The molecule has 3 aromatic rings. The number of aliphatic imine (C=N–C) groups is 1. The average molecular weight is 358 g/mol. The first kappa shape index (κ1) is 16.8. The lowest BCUT2D eigenvalue weighted by Gasteiger charge is -2.08. The number of hydrogen-bond acceptors (Lipinski definition) is 7. The first-order valence-corrected chi connectivity index (χ1v) is 7.68. The van der Waals surface area contributed by atoms with Gasteiger partial charge in [-0.25, -0.2) is 4.98 Å². The van der Waals surface area contributed by atoms with E-state index in [1.54, 1.807) is 38.6 Å². The number of fused-ring (bicyclic) bond motifs is 1. The number of ether oxygens (including phenoxy) is 2. The number of methoxy groups -OCH3 is 2. The average Bonchev–Trinajstić information content (AvgIpc) is 2.60. The van der Waals surface area contributed by atoms with Gasteiger partial charge in [0, 0.05) is 11.8 Å². The SMILES string of the molecule is COc1ccc(OC)c(C=Nc2ccc3nc(N)nc(N)c3c2Cl)c1. The van der Waals surface area contributed by atoms with Crippen LogP contribution in [0.25, 0.3) is 10.9 Å². The number of rotatable bonds is 4. The fourth-order valence-corrected chi connectivity index (χ4v) is 2.70. The third-order valence-electron chi connectivity index (χ3n) is 3.61. The molecule has 0 spiro atoms. The van der Waals surface area contributed by atoms with Gasteiger partial charge >= 0.3 is 0 Å². The van der Waals surface area contributed by atoms with Crippen LogP contribution < -0.4 is 20.9 Å². The second-order valence-corrected chi connectivity index (χ2v) is 5.50. The molecule has 4 N–H and O–H groups in total. The van der Waals surface area contributed by atoms with Crippen molar-refractivity contribution >= 4 is 46.2 Å². The van der Waals surface area contributed by atoms with Crippen LogP contribution in [0.5, 0.6) is 11.5 Å². The lowest BCUT2D eigenvalue weighted by molar-refractivity contribution is 0.402. The topological polar surface area (TPSA) is 109 Å². The number of hydrogen-bond donors (Lipinski definition) is 2. The summed E-state index contributed by atoms with van der Waals surface area (Å²) in [5.41, 5.74) is 13.4. The molecule has 1 heterocycles. The summed E-state index contributed by atoms with van der Waals surface area (Å²) in [6.07, 6.45) is 1.64. The van der Waals surface area contributed by atoms with Crippen LogP contribution in [-0.4, -0.2) is 30.4 Å². The summed E-state index contributed by atoms with van der Waals surface area (Å²) in [6, 6.07) is 8.90. The van der Waals surface area contributed by atoms with Crippen LogP contribution in [-0.2, 0) is 0 Å². The number of nitrogens with two attached hydrogens (primary N) is 2. The molecule has 25 heavy (non-hydrogen) atoms. The Morgan fingerprint density at radius 3 is 2.60 bits per heavy atom. The molecule has 128 valence electrons. The number of anilines is 2. The van der Waals surface area contributed by atoms with Crippen LogP contribution in [0.3, 0.4) is 0 Å². The van der Waals surface area contributed by atoms with Crippen LogP contribution in [0, 0.1) is 0 Å².